The van der Waals surface area contributed by atoms with E-state index in [0.717, 1.165) is 38.8 Å². The van der Waals surface area contributed by atoms with Crippen LogP contribution < -0.4 is 5.32 Å². The largest absolute Gasteiger partial charge is 0.380 e. The minimum absolute atomic E-state index is 0.420. The van der Waals surface area contributed by atoms with Crippen molar-refractivity contribution in [2.24, 2.45) is 11.3 Å². The van der Waals surface area contributed by atoms with Crippen molar-refractivity contribution in [3.05, 3.63) is 0 Å². The number of fused-ring (bicyclic) bond motifs is 1. The molecule has 70 valence electrons. The Bertz CT molecular complexity index is 160. The molecule has 0 unspecified atom stereocenters. The lowest BCUT2D eigenvalue weighted by atomic mass is 9.81. The van der Waals surface area contributed by atoms with Gasteiger partial charge < -0.3 is 15.0 Å². The number of ether oxygens (including phenoxy) is 1. The molecule has 0 spiro atoms. The van der Waals surface area contributed by atoms with E-state index in [0.29, 0.717) is 5.41 Å². The van der Waals surface area contributed by atoms with E-state index in [1.54, 1.807) is 0 Å². The summed E-state index contributed by atoms with van der Waals surface area (Å²) in [5, 5.41) is 3.46. The monoisotopic (exact) mass is 170 g/mol. The molecular weight excluding hydrogens is 152 g/mol. The van der Waals surface area contributed by atoms with Crippen LogP contribution in [0.4, 0.5) is 0 Å². The number of nitrogens with zero attached hydrogens (tertiary/aromatic N) is 1. The first-order chi connectivity index (χ1) is 5.73. The Balaban J connectivity index is 2.06. The van der Waals surface area contributed by atoms with E-state index < -0.39 is 0 Å². The van der Waals surface area contributed by atoms with Gasteiger partial charge in [0.1, 0.15) is 0 Å². The van der Waals surface area contributed by atoms with E-state index in [2.05, 4.69) is 24.3 Å². The lowest BCUT2D eigenvalue weighted by Gasteiger charge is -2.29. The predicted octanol–water partition coefficient (Wildman–Crippen LogP) is -0.216. The Morgan fingerprint density at radius 1 is 1.58 bits per heavy atom. The predicted molar refractivity (Wildman–Crippen MR) is 48.2 cm³/mol. The molecule has 0 saturated carbocycles. The van der Waals surface area contributed by atoms with Crippen molar-refractivity contribution in [3.63, 3.8) is 0 Å². The van der Waals surface area contributed by atoms with Gasteiger partial charge in [-0.15, -0.1) is 0 Å². The molecule has 0 aromatic heterocycles. The van der Waals surface area contributed by atoms with E-state index in [1.165, 1.54) is 0 Å². The topological polar surface area (TPSA) is 24.5 Å². The lowest BCUT2D eigenvalue weighted by Crippen LogP contribution is -2.39. The fourth-order valence-electron chi connectivity index (χ4n) is 2.53. The Morgan fingerprint density at radius 3 is 3.17 bits per heavy atom. The fourth-order valence-corrected chi connectivity index (χ4v) is 2.53. The molecule has 3 nitrogen and oxygen atoms in total. The van der Waals surface area contributed by atoms with Gasteiger partial charge in [-0.3, -0.25) is 0 Å². The number of rotatable bonds is 2. The number of hydrogen-bond acceptors (Lipinski definition) is 3. The summed E-state index contributed by atoms with van der Waals surface area (Å²) in [6.45, 7) is 5.35. The van der Waals surface area contributed by atoms with Crippen LogP contribution >= 0.6 is 0 Å². The minimum Gasteiger partial charge on any atom is -0.380 e. The first-order valence-corrected chi connectivity index (χ1v) is 4.66. The van der Waals surface area contributed by atoms with Crippen LogP contribution in [0.15, 0.2) is 0 Å². The maximum absolute atomic E-state index is 5.55. The number of nitrogens with one attached hydrogen (secondary N) is 1. The van der Waals surface area contributed by atoms with Gasteiger partial charge >= 0.3 is 0 Å². The molecule has 0 aromatic rings. The molecule has 0 amide bonds. The van der Waals surface area contributed by atoms with Gasteiger partial charge in [0.05, 0.1) is 13.2 Å². The van der Waals surface area contributed by atoms with Gasteiger partial charge in [-0.05, 0) is 14.1 Å². The van der Waals surface area contributed by atoms with Crippen LogP contribution in [0, 0.1) is 11.3 Å². The van der Waals surface area contributed by atoms with E-state index in [4.69, 9.17) is 4.74 Å². The second-order valence-electron chi connectivity index (χ2n) is 4.44. The van der Waals surface area contributed by atoms with Crippen LogP contribution in [0.5, 0.6) is 0 Å². The smallest absolute Gasteiger partial charge is 0.0551 e. The van der Waals surface area contributed by atoms with Crippen molar-refractivity contribution in [3.8, 4) is 0 Å². The first-order valence-electron chi connectivity index (χ1n) is 4.66. The fraction of sp³-hybridized carbons (Fsp3) is 1.00. The summed E-state index contributed by atoms with van der Waals surface area (Å²) < 4.78 is 5.55. The highest BCUT2D eigenvalue weighted by Crippen LogP contribution is 2.37. The molecule has 3 heteroatoms. The molecule has 2 rings (SSSR count). The van der Waals surface area contributed by atoms with Crippen molar-refractivity contribution in [1.82, 2.24) is 10.2 Å². The first kappa shape index (κ1) is 8.48. The summed E-state index contributed by atoms with van der Waals surface area (Å²) in [7, 11) is 4.28. The third kappa shape index (κ3) is 1.26. The molecular formula is C9H18N2O. The zero-order chi connectivity index (χ0) is 8.60. The van der Waals surface area contributed by atoms with Crippen LogP contribution in [-0.2, 0) is 4.74 Å². The molecule has 2 heterocycles. The summed E-state index contributed by atoms with van der Waals surface area (Å²) in [5.74, 6) is 0.750. The third-order valence-electron chi connectivity index (χ3n) is 3.07. The highest BCUT2D eigenvalue weighted by molar-refractivity contribution is 4.99. The third-order valence-corrected chi connectivity index (χ3v) is 3.07. The maximum atomic E-state index is 5.55. The molecule has 0 aliphatic carbocycles. The molecule has 2 atom stereocenters. The van der Waals surface area contributed by atoms with Gasteiger partial charge in [0.2, 0.25) is 0 Å². The van der Waals surface area contributed by atoms with Crippen molar-refractivity contribution in [1.29, 1.82) is 0 Å². The summed E-state index contributed by atoms with van der Waals surface area (Å²) in [4.78, 5) is 2.27. The quantitative estimate of drug-likeness (QED) is 0.620. The SMILES string of the molecule is CN(C)C[C@]12CNC[C@H]1COC2. The molecule has 2 aliphatic heterocycles. The summed E-state index contributed by atoms with van der Waals surface area (Å²) >= 11 is 0. The summed E-state index contributed by atoms with van der Waals surface area (Å²) in [5.41, 5.74) is 0.420. The highest BCUT2D eigenvalue weighted by atomic mass is 16.5. The molecule has 2 saturated heterocycles. The van der Waals surface area contributed by atoms with Gasteiger partial charge in [-0.25, -0.2) is 0 Å². The van der Waals surface area contributed by atoms with Crippen LogP contribution in [0.2, 0.25) is 0 Å². The molecule has 2 fully saturated rings. The molecule has 0 radical (unpaired) electrons. The van der Waals surface area contributed by atoms with E-state index in [1.807, 2.05) is 0 Å². The molecule has 12 heavy (non-hydrogen) atoms. The van der Waals surface area contributed by atoms with Crippen molar-refractivity contribution in [2.75, 3.05) is 46.9 Å². The number of hydrogen-bond donors (Lipinski definition) is 1. The average molecular weight is 170 g/mol. The Morgan fingerprint density at radius 2 is 2.42 bits per heavy atom. The average Bonchev–Trinajstić information content (AvgIpc) is 2.42. The molecule has 0 aromatic carbocycles. The van der Waals surface area contributed by atoms with Crippen molar-refractivity contribution in [2.45, 2.75) is 0 Å². The summed E-state index contributed by atoms with van der Waals surface area (Å²) in [6, 6.07) is 0. The van der Waals surface area contributed by atoms with Crippen molar-refractivity contribution >= 4 is 0 Å². The lowest BCUT2D eigenvalue weighted by molar-refractivity contribution is 0.132. The van der Waals surface area contributed by atoms with E-state index in [-0.39, 0.29) is 0 Å². The normalized spacial score (nSPS) is 40.8. The van der Waals surface area contributed by atoms with Gasteiger partial charge in [0.15, 0.2) is 0 Å². The second kappa shape index (κ2) is 2.98. The molecule has 2 aliphatic rings. The van der Waals surface area contributed by atoms with Gasteiger partial charge in [0.25, 0.3) is 0 Å². The van der Waals surface area contributed by atoms with E-state index in [9.17, 15) is 0 Å². The second-order valence-corrected chi connectivity index (χ2v) is 4.44. The Kier molecular flexibility index (Phi) is 2.10. The van der Waals surface area contributed by atoms with Gasteiger partial charge in [-0.1, -0.05) is 0 Å². The van der Waals surface area contributed by atoms with E-state index >= 15 is 0 Å². The van der Waals surface area contributed by atoms with Crippen LogP contribution in [0.1, 0.15) is 0 Å². The zero-order valence-corrected chi connectivity index (χ0v) is 7.97. The van der Waals surface area contributed by atoms with Gasteiger partial charge in [-0.2, -0.15) is 0 Å². The highest BCUT2D eigenvalue weighted by Gasteiger charge is 2.47. The minimum atomic E-state index is 0.420. The molecule has 1 N–H and O–H groups in total. The molecule has 0 bridgehead atoms. The van der Waals surface area contributed by atoms with Crippen LogP contribution in [0.25, 0.3) is 0 Å². The van der Waals surface area contributed by atoms with Gasteiger partial charge in [0, 0.05) is 31.0 Å². The Labute approximate surface area is 74.1 Å². The standard InChI is InChI=1S/C9H18N2O/c1-11(2)6-9-5-10-3-8(9)4-12-7-9/h8,10H,3-7H2,1-2H3/t8-,9-/m0/s1. The van der Waals surface area contributed by atoms with Crippen LogP contribution in [0.3, 0.4) is 0 Å². The summed E-state index contributed by atoms with van der Waals surface area (Å²) in [6.07, 6.45) is 0. The Hall–Kier alpha value is -0.120. The maximum Gasteiger partial charge on any atom is 0.0551 e. The van der Waals surface area contributed by atoms with Crippen molar-refractivity contribution < 1.29 is 4.74 Å². The van der Waals surface area contributed by atoms with Crippen LogP contribution in [-0.4, -0.2) is 51.8 Å². The zero-order valence-electron chi connectivity index (χ0n) is 7.97.